The highest BCUT2D eigenvalue weighted by molar-refractivity contribution is 6.03. The van der Waals surface area contributed by atoms with Crippen LogP contribution in [-0.2, 0) is 9.53 Å². The van der Waals surface area contributed by atoms with Gasteiger partial charge in [0, 0.05) is 28.3 Å². The molecule has 0 bridgehead atoms. The fourth-order valence-electron chi connectivity index (χ4n) is 5.26. The van der Waals surface area contributed by atoms with E-state index in [0.29, 0.717) is 6.42 Å². The van der Waals surface area contributed by atoms with Gasteiger partial charge in [-0.15, -0.1) is 0 Å². The number of para-hydroxylation sites is 2. The molecule has 0 amide bonds. The number of ether oxygens (including phenoxy) is 1. The number of cyclic esters (lactones) is 1. The normalized spacial score (nSPS) is 17.9. The van der Waals surface area contributed by atoms with Crippen LogP contribution in [0.15, 0.2) is 78.9 Å². The first-order chi connectivity index (χ1) is 18.9. The second-order valence-corrected chi connectivity index (χ2v) is 10.2. The number of halogens is 1. The Hall–Kier alpha value is -4.36. The van der Waals surface area contributed by atoms with Crippen molar-refractivity contribution in [3.63, 3.8) is 0 Å². The number of hydrogen-bond donors (Lipinski definition) is 1. The molecule has 3 heterocycles. The van der Waals surface area contributed by atoms with Gasteiger partial charge in [-0.1, -0.05) is 56.3 Å². The van der Waals surface area contributed by atoms with Crippen molar-refractivity contribution in [3.8, 4) is 16.9 Å². The summed E-state index contributed by atoms with van der Waals surface area (Å²) in [5.41, 5.74) is 5.85. The van der Waals surface area contributed by atoms with Crippen molar-refractivity contribution >= 4 is 33.9 Å². The van der Waals surface area contributed by atoms with Gasteiger partial charge in [-0.05, 0) is 48.4 Å². The molecular formula is C32H28FN3O3. The zero-order valence-corrected chi connectivity index (χ0v) is 21.7. The van der Waals surface area contributed by atoms with E-state index in [1.54, 1.807) is 12.1 Å². The molecule has 2 atom stereocenters. The lowest BCUT2D eigenvalue weighted by atomic mass is 9.98. The average molecular weight is 522 g/mol. The summed E-state index contributed by atoms with van der Waals surface area (Å²) in [6.07, 6.45) is 2.77. The van der Waals surface area contributed by atoms with Gasteiger partial charge >= 0.3 is 5.97 Å². The Balaban J connectivity index is 1.65. The number of carbonyl (C=O) groups is 1. The molecule has 0 spiro atoms. The molecular weight excluding hydrogens is 493 g/mol. The van der Waals surface area contributed by atoms with Crippen LogP contribution in [0.5, 0.6) is 0 Å². The van der Waals surface area contributed by atoms with E-state index in [2.05, 4.69) is 13.8 Å². The molecule has 7 heteroatoms. The summed E-state index contributed by atoms with van der Waals surface area (Å²) in [6.45, 7) is 4.15. The fraction of sp³-hybridized carbons (Fsp3) is 0.219. The molecule has 6 nitrogen and oxygen atoms in total. The predicted octanol–water partition coefficient (Wildman–Crippen LogP) is 6.58. The second-order valence-electron chi connectivity index (χ2n) is 10.2. The third-order valence-electron chi connectivity index (χ3n) is 7.05. The molecule has 39 heavy (non-hydrogen) atoms. The van der Waals surface area contributed by atoms with Crippen LogP contribution in [0.4, 0.5) is 4.39 Å². The summed E-state index contributed by atoms with van der Waals surface area (Å²) < 4.78 is 21.4. The van der Waals surface area contributed by atoms with Crippen LogP contribution in [0, 0.1) is 5.82 Å². The first kappa shape index (κ1) is 24.9. The maximum atomic E-state index is 14.0. The summed E-state index contributed by atoms with van der Waals surface area (Å²) in [5.74, 6) is -0.686. The Morgan fingerprint density at radius 2 is 1.64 bits per heavy atom. The largest absolute Gasteiger partial charge is 0.458 e. The number of benzene rings is 3. The Morgan fingerprint density at radius 1 is 1.00 bits per heavy atom. The number of esters is 1. The first-order valence-electron chi connectivity index (χ1n) is 13.1. The summed E-state index contributed by atoms with van der Waals surface area (Å²) in [7, 11) is 0. The van der Waals surface area contributed by atoms with Crippen LogP contribution in [0.3, 0.4) is 0 Å². The number of rotatable bonds is 5. The van der Waals surface area contributed by atoms with Crippen LogP contribution in [0.25, 0.3) is 44.8 Å². The summed E-state index contributed by atoms with van der Waals surface area (Å²) >= 11 is 0. The Labute approximate surface area is 225 Å². The third kappa shape index (κ3) is 4.70. The highest BCUT2D eigenvalue weighted by Crippen LogP contribution is 2.38. The highest BCUT2D eigenvalue weighted by atomic mass is 19.1. The molecule has 1 fully saturated rings. The first-order valence-corrected chi connectivity index (χ1v) is 13.1. The number of carbonyl (C=O) groups excluding carboxylic acids is 1. The van der Waals surface area contributed by atoms with E-state index in [0.717, 1.165) is 50.0 Å². The number of pyridine rings is 1. The minimum atomic E-state index is -0.737. The SMILES string of the molecule is CC(C)c1nn(-c2c3ccccc3nc3ccccc23)c(-c2ccc(F)cc2)c1/C=C/[C@H]1C[C@H](O)CC(=O)O1. The van der Waals surface area contributed by atoms with Crippen molar-refractivity contribution in [3.05, 3.63) is 95.9 Å². The Morgan fingerprint density at radius 3 is 2.26 bits per heavy atom. The summed E-state index contributed by atoms with van der Waals surface area (Å²) in [6, 6.07) is 22.3. The molecule has 0 aliphatic carbocycles. The lowest BCUT2D eigenvalue weighted by molar-refractivity contribution is -0.156. The van der Waals surface area contributed by atoms with E-state index in [1.807, 2.05) is 65.4 Å². The fourth-order valence-corrected chi connectivity index (χ4v) is 5.26. The molecule has 0 saturated carbocycles. The maximum absolute atomic E-state index is 14.0. The van der Waals surface area contributed by atoms with Gasteiger partial charge in [0.05, 0.1) is 40.6 Å². The van der Waals surface area contributed by atoms with Gasteiger partial charge in [0.1, 0.15) is 11.9 Å². The van der Waals surface area contributed by atoms with Crippen LogP contribution >= 0.6 is 0 Å². The molecule has 3 aromatic carbocycles. The van der Waals surface area contributed by atoms with E-state index >= 15 is 0 Å². The van der Waals surface area contributed by atoms with Crippen LogP contribution in [0.2, 0.25) is 0 Å². The van der Waals surface area contributed by atoms with Gasteiger partial charge in [-0.25, -0.2) is 14.1 Å². The lowest BCUT2D eigenvalue weighted by Gasteiger charge is -2.23. The Kier molecular flexibility index (Phi) is 6.45. The average Bonchev–Trinajstić information content (AvgIpc) is 3.29. The standard InChI is InChI=1S/C32H28FN3O3/c1-19(2)30-26(16-15-23-17-22(37)18-29(38)39-23)31(20-11-13-21(33)14-12-20)36(35-30)32-24-7-3-5-9-27(24)34-28-10-6-4-8-25(28)32/h3-16,19,22-23,37H,17-18H2,1-2H3/b16-15+/t22-,23-/m0/s1. The topological polar surface area (TPSA) is 77.2 Å². The van der Waals surface area contributed by atoms with Crippen molar-refractivity contribution in [2.75, 3.05) is 0 Å². The van der Waals surface area contributed by atoms with E-state index in [4.69, 9.17) is 14.8 Å². The monoisotopic (exact) mass is 521 g/mol. The second kappa shape index (κ2) is 10.1. The zero-order chi connectivity index (χ0) is 27.1. The third-order valence-corrected chi connectivity index (χ3v) is 7.05. The number of aliphatic hydroxyl groups is 1. The smallest absolute Gasteiger partial charge is 0.309 e. The quantitative estimate of drug-likeness (QED) is 0.209. The van der Waals surface area contributed by atoms with Gasteiger partial charge < -0.3 is 9.84 Å². The van der Waals surface area contributed by atoms with Gasteiger partial charge in [0.25, 0.3) is 0 Å². The van der Waals surface area contributed by atoms with Crippen molar-refractivity contribution in [1.82, 2.24) is 14.8 Å². The predicted molar refractivity (Wildman–Crippen MR) is 150 cm³/mol. The van der Waals surface area contributed by atoms with E-state index < -0.39 is 18.2 Å². The molecule has 1 aliphatic heterocycles. The van der Waals surface area contributed by atoms with E-state index in [9.17, 15) is 14.3 Å². The molecule has 5 aromatic rings. The molecule has 0 unspecified atom stereocenters. The van der Waals surface area contributed by atoms with Crippen LogP contribution in [-0.4, -0.2) is 38.0 Å². The van der Waals surface area contributed by atoms with Gasteiger partial charge in [-0.2, -0.15) is 5.10 Å². The zero-order valence-electron chi connectivity index (χ0n) is 21.7. The van der Waals surface area contributed by atoms with Gasteiger partial charge in [0.15, 0.2) is 0 Å². The molecule has 1 N–H and O–H groups in total. The number of aliphatic hydroxyl groups excluding tert-OH is 1. The lowest BCUT2D eigenvalue weighted by Crippen LogP contribution is -2.31. The minimum Gasteiger partial charge on any atom is -0.458 e. The van der Waals surface area contributed by atoms with Crippen LogP contribution < -0.4 is 0 Å². The number of aromatic nitrogens is 3. The molecule has 2 aromatic heterocycles. The molecule has 1 aliphatic rings. The van der Waals surface area contributed by atoms with Crippen molar-refractivity contribution < 1.29 is 19.0 Å². The maximum Gasteiger partial charge on any atom is 0.309 e. The number of fused-ring (bicyclic) bond motifs is 2. The molecule has 196 valence electrons. The summed E-state index contributed by atoms with van der Waals surface area (Å²) in [4.78, 5) is 16.8. The molecule has 1 saturated heterocycles. The highest BCUT2D eigenvalue weighted by Gasteiger charge is 2.27. The van der Waals surface area contributed by atoms with Crippen LogP contribution in [0.1, 0.15) is 43.9 Å². The van der Waals surface area contributed by atoms with Gasteiger partial charge in [-0.3, -0.25) is 4.79 Å². The number of hydrogen-bond acceptors (Lipinski definition) is 5. The van der Waals surface area contributed by atoms with E-state index in [-0.39, 0.29) is 18.2 Å². The Bertz CT molecular complexity index is 1670. The van der Waals surface area contributed by atoms with Gasteiger partial charge in [0.2, 0.25) is 0 Å². The van der Waals surface area contributed by atoms with Crippen molar-refractivity contribution in [1.29, 1.82) is 0 Å². The molecule has 6 rings (SSSR count). The number of nitrogens with zero attached hydrogens (tertiary/aromatic N) is 3. The minimum absolute atomic E-state index is 0.00252. The van der Waals surface area contributed by atoms with E-state index in [1.165, 1.54) is 12.1 Å². The van der Waals surface area contributed by atoms with Crippen molar-refractivity contribution in [2.45, 2.75) is 44.8 Å². The van der Waals surface area contributed by atoms with Crippen molar-refractivity contribution in [2.24, 2.45) is 0 Å². The summed E-state index contributed by atoms with van der Waals surface area (Å²) in [5, 5.41) is 17.2. The molecule has 0 radical (unpaired) electrons.